The van der Waals surface area contributed by atoms with E-state index in [2.05, 4.69) is 22.0 Å². The number of hydrogen-bond donors (Lipinski definition) is 3. The highest BCUT2D eigenvalue weighted by atomic mass is 16.3. The first-order valence-electron chi connectivity index (χ1n) is 8.09. The van der Waals surface area contributed by atoms with Crippen LogP contribution in [0.3, 0.4) is 0 Å². The van der Waals surface area contributed by atoms with Gasteiger partial charge in [0.05, 0.1) is 25.4 Å². The summed E-state index contributed by atoms with van der Waals surface area (Å²) in [5.74, 6) is -1.05. The Morgan fingerprint density at radius 2 is 1.80 bits per heavy atom. The van der Waals surface area contributed by atoms with Crippen LogP contribution in [0.15, 0.2) is 47.1 Å². The van der Waals surface area contributed by atoms with Crippen molar-refractivity contribution in [3.63, 3.8) is 0 Å². The van der Waals surface area contributed by atoms with Crippen LogP contribution in [0.5, 0.6) is 0 Å². The molecule has 1 unspecified atom stereocenters. The molecule has 3 rings (SSSR count). The second-order valence-electron chi connectivity index (χ2n) is 5.79. The third-order valence-electron chi connectivity index (χ3n) is 4.07. The fraction of sp³-hybridized carbons (Fsp3) is 0.278. The van der Waals surface area contributed by atoms with E-state index in [4.69, 9.17) is 4.42 Å². The van der Waals surface area contributed by atoms with Gasteiger partial charge in [-0.05, 0) is 36.1 Å². The van der Waals surface area contributed by atoms with E-state index in [0.29, 0.717) is 0 Å². The molecular formula is C18H19N3O4. The second-order valence-corrected chi connectivity index (χ2v) is 5.79. The summed E-state index contributed by atoms with van der Waals surface area (Å²) in [4.78, 5) is 35.4. The molecule has 0 fully saturated rings. The molecule has 1 aromatic carbocycles. The lowest BCUT2D eigenvalue weighted by Gasteiger charge is -2.14. The quantitative estimate of drug-likeness (QED) is 0.727. The summed E-state index contributed by atoms with van der Waals surface area (Å²) in [6.07, 6.45) is 3.17. The zero-order valence-electron chi connectivity index (χ0n) is 13.6. The minimum absolute atomic E-state index is 0.0146. The topological polar surface area (TPSA) is 100 Å². The monoisotopic (exact) mass is 341 g/mol. The van der Waals surface area contributed by atoms with Crippen molar-refractivity contribution in [1.82, 2.24) is 16.0 Å². The summed E-state index contributed by atoms with van der Waals surface area (Å²) in [5.41, 5.74) is 2.38. The fourth-order valence-electron chi connectivity index (χ4n) is 2.85. The summed E-state index contributed by atoms with van der Waals surface area (Å²) in [7, 11) is 0. The maximum absolute atomic E-state index is 12.0. The Hall–Kier alpha value is -3.09. The predicted molar refractivity (Wildman–Crippen MR) is 89.7 cm³/mol. The molecule has 1 aliphatic carbocycles. The number of carbonyl (C=O) groups excluding carboxylic acids is 3. The molecule has 0 aliphatic heterocycles. The smallest absolute Gasteiger partial charge is 0.287 e. The molecule has 1 heterocycles. The SMILES string of the molecule is O=C(CNC(=O)c1ccco1)NCC(=O)NC1CCc2ccccc21. The van der Waals surface area contributed by atoms with Crippen molar-refractivity contribution in [3.8, 4) is 0 Å². The normalized spacial score (nSPS) is 15.3. The van der Waals surface area contributed by atoms with E-state index in [0.717, 1.165) is 18.4 Å². The van der Waals surface area contributed by atoms with Crippen LogP contribution in [-0.4, -0.2) is 30.8 Å². The van der Waals surface area contributed by atoms with Crippen molar-refractivity contribution in [1.29, 1.82) is 0 Å². The van der Waals surface area contributed by atoms with Crippen LogP contribution in [0.25, 0.3) is 0 Å². The van der Waals surface area contributed by atoms with Crippen LogP contribution in [0.2, 0.25) is 0 Å². The number of carbonyl (C=O) groups is 3. The molecule has 1 aliphatic rings. The van der Waals surface area contributed by atoms with Crippen molar-refractivity contribution in [2.24, 2.45) is 0 Å². The van der Waals surface area contributed by atoms with Crippen LogP contribution in [0.1, 0.15) is 34.1 Å². The zero-order valence-corrected chi connectivity index (χ0v) is 13.6. The first-order chi connectivity index (χ1) is 12.1. The van der Waals surface area contributed by atoms with Gasteiger partial charge in [-0.2, -0.15) is 0 Å². The number of fused-ring (bicyclic) bond motifs is 1. The number of hydrogen-bond acceptors (Lipinski definition) is 4. The Morgan fingerprint density at radius 1 is 1.00 bits per heavy atom. The highest BCUT2D eigenvalue weighted by Gasteiger charge is 2.23. The third-order valence-corrected chi connectivity index (χ3v) is 4.07. The van der Waals surface area contributed by atoms with E-state index in [-0.39, 0.29) is 30.8 Å². The van der Waals surface area contributed by atoms with E-state index in [1.807, 2.05) is 18.2 Å². The number of benzene rings is 1. The van der Waals surface area contributed by atoms with E-state index in [9.17, 15) is 14.4 Å². The molecule has 7 nitrogen and oxygen atoms in total. The summed E-state index contributed by atoms with van der Waals surface area (Å²) in [6.45, 7) is -0.354. The van der Waals surface area contributed by atoms with Gasteiger partial charge in [-0.15, -0.1) is 0 Å². The molecule has 0 bridgehead atoms. The van der Waals surface area contributed by atoms with Gasteiger partial charge < -0.3 is 20.4 Å². The fourth-order valence-corrected chi connectivity index (χ4v) is 2.85. The van der Waals surface area contributed by atoms with Crippen LogP contribution in [0, 0.1) is 0 Å². The maximum atomic E-state index is 12.0. The molecule has 1 aromatic heterocycles. The molecular weight excluding hydrogens is 322 g/mol. The molecule has 130 valence electrons. The Balaban J connectivity index is 1.39. The number of aryl methyl sites for hydroxylation is 1. The van der Waals surface area contributed by atoms with Gasteiger partial charge in [0.2, 0.25) is 11.8 Å². The van der Waals surface area contributed by atoms with Gasteiger partial charge >= 0.3 is 0 Å². The summed E-state index contributed by atoms with van der Waals surface area (Å²) >= 11 is 0. The number of furan rings is 1. The highest BCUT2D eigenvalue weighted by Crippen LogP contribution is 2.30. The van der Waals surface area contributed by atoms with Gasteiger partial charge in [0, 0.05) is 0 Å². The zero-order chi connectivity index (χ0) is 17.6. The molecule has 0 saturated carbocycles. The molecule has 2 aromatic rings. The summed E-state index contributed by atoms with van der Waals surface area (Å²) in [5, 5.41) is 7.82. The van der Waals surface area contributed by atoms with Gasteiger partial charge in [-0.1, -0.05) is 24.3 Å². The van der Waals surface area contributed by atoms with E-state index in [1.54, 1.807) is 6.07 Å². The second kappa shape index (κ2) is 7.65. The third kappa shape index (κ3) is 4.26. The Bertz CT molecular complexity index is 770. The standard InChI is InChI=1S/C18H19N3O4/c22-16(10-20-18(24)15-6-3-9-25-15)19-11-17(23)21-14-8-7-12-4-1-2-5-13(12)14/h1-6,9,14H,7-8,10-11H2,(H,19,22)(H,20,24)(H,21,23). The van der Waals surface area contributed by atoms with E-state index in [1.165, 1.54) is 17.9 Å². The first-order valence-corrected chi connectivity index (χ1v) is 8.09. The largest absolute Gasteiger partial charge is 0.459 e. The average Bonchev–Trinajstić information content (AvgIpc) is 3.28. The molecule has 0 spiro atoms. The van der Waals surface area contributed by atoms with Crippen molar-refractivity contribution in [3.05, 3.63) is 59.5 Å². The molecule has 7 heteroatoms. The van der Waals surface area contributed by atoms with Gasteiger partial charge in [-0.3, -0.25) is 14.4 Å². The number of amides is 3. The molecule has 25 heavy (non-hydrogen) atoms. The van der Waals surface area contributed by atoms with Crippen LogP contribution < -0.4 is 16.0 Å². The Morgan fingerprint density at radius 3 is 2.60 bits per heavy atom. The lowest BCUT2D eigenvalue weighted by molar-refractivity contribution is -0.126. The van der Waals surface area contributed by atoms with Gasteiger partial charge in [-0.25, -0.2) is 0 Å². The number of rotatable bonds is 6. The Kier molecular flexibility index (Phi) is 5.13. The summed E-state index contributed by atoms with van der Waals surface area (Å²) in [6, 6.07) is 11.1. The highest BCUT2D eigenvalue weighted by molar-refractivity contribution is 5.94. The first kappa shape index (κ1) is 16.8. The molecule has 3 amide bonds. The van der Waals surface area contributed by atoms with Gasteiger partial charge in [0.25, 0.3) is 5.91 Å². The van der Waals surface area contributed by atoms with Crippen molar-refractivity contribution >= 4 is 17.7 Å². The lowest BCUT2D eigenvalue weighted by Crippen LogP contribution is -2.42. The average molecular weight is 341 g/mol. The minimum Gasteiger partial charge on any atom is -0.459 e. The summed E-state index contributed by atoms with van der Waals surface area (Å²) < 4.78 is 4.92. The van der Waals surface area contributed by atoms with Gasteiger partial charge in [0.15, 0.2) is 5.76 Å². The maximum Gasteiger partial charge on any atom is 0.287 e. The number of nitrogens with one attached hydrogen (secondary N) is 3. The van der Waals surface area contributed by atoms with Gasteiger partial charge in [0.1, 0.15) is 0 Å². The Labute approximate surface area is 144 Å². The lowest BCUT2D eigenvalue weighted by atomic mass is 10.1. The van der Waals surface area contributed by atoms with E-state index >= 15 is 0 Å². The van der Waals surface area contributed by atoms with E-state index < -0.39 is 11.8 Å². The van der Waals surface area contributed by atoms with Crippen LogP contribution in [-0.2, 0) is 16.0 Å². The molecule has 3 N–H and O–H groups in total. The van der Waals surface area contributed by atoms with Crippen LogP contribution in [0.4, 0.5) is 0 Å². The predicted octanol–water partition coefficient (Wildman–Crippen LogP) is 0.929. The molecule has 0 saturated heterocycles. The molecule has 1 atom stereocenters. The van der Waals surface area contributed by atoms with Crippen LogP contribution >= 0.6 is 0 Å². The van der Waals surface area contributed by atoms with Crippen molar-refractivity contribution < 1.29 is 18.8 Å². The minimum atomic E-state index is -0.479. The van der Waals surface area contributed by atoms with Crippen molar-refractivity contribution in [2.75, 3.05) is 13.1 Å². The van der Waals surface area contributed by atoms with Crippen molar-refractivity contribution in [2.45, 2.75) is 18.9 Å². The molecule has 0 radical (unpaired) electrons.